The van der Waals surface area contributed by atoms with Crippen LogP contribution in [0.2, 0.25) is 0 Å². The fourth-order valence-electron chi connectivity index (χ4n) is 1.85. The molecule has 0 radical (unpaired) electrons. The van der Waals surface area contributed by atoms with Gasteiger partial charge in [-0.1, -0.05) is 24.3 Å². The monoisotopic (exact) mass is 231 g/mol. The molecule has 0 bridgehead atoms. The highest BCUT2D eigenvalue weighted by atomic mass is 16.5. The maximum absolute atomic E-state index is 12.1. The predicted molar refractivity (Wildman–Crippen MR) is 66.8 cm³/mol. The molecule has 0 fully saturated rings. The Morgan fingerprint density at radius 3 is 2.65 bits per heavy atom. The second-order valence-corrected chi connectivity index (χ2v) is 4.12. The van der Waals surface area contributed by atoms with Crippen LogP contribution < -0.4 is 5.73 Å². The van der Waals surface area contributed by atoms with E-state index in [2.05, 4.69) is 0 Å². The molecule has 0 aromatic heterocycles. The topological polar surface area (TPSA) is 52.3 Å². The van der Waals surface area contributed by atoms with Gasteiger partial charge < -0.3 is 10.5 Å². The first-order valence-corrected chi connectivity index (χ1v) is 5.98. The third kappa shape index (κ3) is 2.94. The molecule has 0 atom stereocenters. The zero-order valence-electron chi connectivity index (χ0n) is 9.82. The summed E-state index contributed by atoms with van der Waals surface area (Å²) in [5, 5.41) is 0. The van der Waals surface area contributed by atoms with Gasteiger partial charge in [0.2, 0.25) is 5.78 Å². The average Bonchev–Trinajstić information content (AvgIpc) is 2.40. The molecule has 3 nitrogen and oxygen atoms in total. The van der Waals surface area contributed by atoms with Crippen LogP contribution in [-0.4, -0.2) is 18.9 Å². The minimum Gasteiger partial charge on any atom is -0.490 e. The largest absolute Gasteiger partial charge is 0.490 e. The first-order valence-electron chi connectivity index (χ1n) is 5.98. The van der Waals surface area contributed by atoms with Gasteiger partial charge in [0, 0.05) is 5.56 Å². The van der Waals surface area contributed by atoms with Crippen molar-refractivity contribution in [1.82, 2.24) is 0 Å². The Kier molecular flexibility index (Phi) is 3.94. The van der Waals surface area contributed by atoms with E-state index in [1.165, 1.54) is 0 Å². The summed E-state index contributed by atoms with van der Waals surface area (Å²) in [7, 11) is 0. The lowest BCUT2D eigenvalue weighted by atomic mass is 10.0. The van der Waals surface area contributed by atoms with E-state index in [-0.39, 0.29) is 5.78 Å². The van der Waals surface area contributed by atoms with Crippen molar-refractivity contribution in [1.29, 1.82) is 0 Å². The predicted octanol–water partition coefficient (Wildman–Crippen LogP) is 2.06. The summed E-state index contributed by atoms with van der Waals surface area (Å²) >= 11 is 0. The van der Waals surface area contributed by atoms with Crippen LogP contribution in [0.1, 0.15) is 28.8 Å². The second kappa shape index (κ2) is 5.64. The van der Waals surface area contributed by atoms with Gasteiger partial charge in [-0.25, -0.2) is 0 Å². The van der Waals surface area contributed by atoms with Crippen molar-refractivity contribution in [3.8, 4) is 0 Å². The first-order chi connectivity index (χ1) is 8.31. The molecule has 1 heterocycles. The van der Waals surface area contributed by atoms with Crippen molar-refractivity contribution in [2.45, 2.75) is 19.3 Å². The van der Waals surface area contributed by atoms with E-state index < -0.39 is 0 Å². The zero-order valence-corrected chi connectivity index (χ0v) is 9.82. The van der Waals surface area contributed by atoms with Crippen molar-refractivity contribution in [3.05, 3.63) is 47.2 Å². The quantitative estimate of drug-likeness (QED) is 0.807. The molecule has 1 aliphatic rings. The van der Waals surface area contributed by atoms with Gasteiger partial charge in [-0.3, -0.25) is 4.79 Å². The highest BCUT2D eigenvalue weighted by Gasteiger charge is 2.15. The number of ether oxygens (including phenoxy) is 1. The molecular weight excluding hydrogens is 214 g/mol. The van der Waals surface area contributed by atoms with Crippen molar-refractivity contribution in [3.63, 3.8) is 0 Å². The van der Waals surface area contributed by atoms with Gasteiger partial charge >= 0.3 is 0 Å². The lowest BCUT2D eigenvalue weighted by Gasteiger charge is -2.13. The molecule has 3 heteroatoms. The van der Waals surface area contributed by atoms with Crippen LogP contribution in [0.5, 0.6) is 0 Å². The average molecular weight is 231 g/mol. The fraction of sp³-hybridized carbons (Fsp3) is 0.357. The SMILES string of the molecule is NCCc1ccc(C(=O)C2=CCCCO2)cc1. The van der Waals surface area contributed by atoms with Gasteiger partial charge in [-0.2, -0.15) is 0 Å². The van der Waals surface area contributed by atoms with E-state index in [1.54, 1.807) is 0 Å². The van der Waals surface area contributed by atoms with Gasteiger partial charge in [0.1, 0.15) is 0 Å². The van der Waals surface area contributed by atoms with Gasteiger partial charge in [-0.05, 0) is 37.4 Å². The summed E-state index contributed by atoms with van der Waals surface area (Å²) < 4.78 is 5.36. The number of hydrogen-bond acceptors (Lipinski definition) is 3. The van der Waals surface area contributed by atoms with Crippen LogP contribution in [0.4, 0.5) is 0 Å². The van der Waals surface area contributed by atoms with E-state index >= 15 is 0 Å². The molecule has 0 saturated heterocycles. The number of allylic oxidation sites excluding steroid dienone is 2. The molecule has 1 aromatic rings. The highest BCUT2D eigenvalue weighted by molar-refractivity contribution is 6.07. The van der Waals surface area contributed by atoms with E-state index in [0.717, 1.165) is 24.8 Å². The maximum atomic E-state index is 12.1. The van der Waals surface area contributed by atoms with Crippen LogP contribution in [0.3, 0.4) is 0 Å². The fourth-order valence-corrected chi connectivity index (χ4v) is 1.85. The van der Waals surface area contributed by atoms with Crippen molar-refractivity contribution in [2.24, 2.45) is 5.73 Å². The molecule has 1 aromatic carbocycles. The van der Waals surface area contributed by atoms with Crippen LogP contribution in [-0.2, 0) is 11.2 Å². The molecule has 17 heavy (non-hydrogen) atoms. The van der Waals surface area contributed by atoms with Gasteiger partial charge in [0.15, 0.2) is 5.76 Å². The molecular formula is C14H17NO2. The Labute approximate surface area is 101 Å². The lowest BCUT2D eigenvalue weighted by molar-refractivity contribution is 0.0899. The van der Waals surface area contributed by atoms with Crippen molar-refractivity contribution < 1.29 is 9.53 Å². The standard InChI is InChI=1S/C14H17NO2/c15-9-8-11-4-6-12(7-5-11)14(16)13-3-1-2-10-17-13/h3-7H,1-2,8-10,15H2. The third-order valence-corrected chi connectivity index (χ3v) is 2.81. The Balaban J connectivity index is 2.11. The van der Waals surface area contributed by atoms with E-state index in [0.29, 0.717) is 24.5 Å². The van der Waals surface area contributed by atoms with Crippen LogP contribution in [0.15, 0.2) is 36.1 Å². The number of carbonyl (C=O) groups excluding carboxylic acids is 1. The van der Waals surface area contributed by atoms with Crippen LogP contribution >= 0.6 is 0 Å². The van der Waals surface area contributed by atoms with Crippen LogP contribution in [0.25, 0.3) is 0 Å². The molecule has 2 rings (SSSR count). The number of benzene rings is 1. The molecule has 0 aliphatic carbocycles. The lowest BCUT2D eigenvalue weighted by Crippen LogP contribution is -2.11. The number of rotatable bonds is 4. The Hall–Kier alpha value is -1.61. The highest BCUT2D eigenvalue weighted by Crippen LogP contribution is 2.16. The number of carbonyl (C=O) groups is 1. The van der Waals surface area contributed by atoms with Crippen molar-refractivity contribution >= 4 is 5.78 Å². The van der Waals surface area contributed by atoms with Gasteiger partial charge in [-0.15, -0.1) is 0 Å². The summed E-state index contributed by atoms with van der Waals surface area (Å²) in [5.41, 5.74) is 7.31. The molecule has 0 spiro atoms. The normalized spacial score (nSPS) is 15.0. The van der Waals surface area contributed by atoms with E-state index in [4.69, 9.17) is 10.5 Å². The molecule has 90 valence electrons. The first kappa shape index (κ1) is 11.9. The second-order valence-electron chi connectivity index (χ2n) is 4.12. The zero-order chi connectivity index (χ0) is 12.1. The maximum Gasteiger partial charge on any atom is 0.227 e. The summed E-state index contributed by atoms with van der Waals surface area (Å²) in [6, 6.07) is 7.57. The number of Topliss-reactive ketones (excluding diaryl/α,β-unsaturated/α-hetero) is 1. The summed E-state index contributed by atoms with van der Waals surface area (Å²) in [4.78, 5) is 12.1. The summed E-state index contributed by atoms with van der Waals surface area (Å²) in [6.45, 7) is 1.27. The molecule has 2 N–H and O–H groups in total. The summed E-state index contributed by atoms with van der Waals surface area (Å²) in [6.07, 6.45) is 4.63. The molecule has 0 amide bonds. The molecule has 0 saturated carbocycles. The Morgan fingerprint density at radius 1 is 1.29 bits per heavy atom. The van der Waals surface area contributed by atoms with Gasteiger partial charge in [0.05, 0.1) is 6.61 Å². The Morgan fingerprint density at radius 2 is 2.06 bits per heavy atom. The van der Waals surface area contributed by atoms with E-state index in [9.17, 15) is 4.79 Å². The molecule has 0 unspecified atom stereocenters. The minimum absolute atomic E-state index is 0.0241. The van der Waals surface area contributed by atoms with Crippen molar-refractivity contribution in [2.75, 3.05) is 13.2 Å². The summed E-state index contributed by atoms with van der Waals surface area (Å²) in [5.74, 6) is 0.465. The third-order valence-electron chi connectivity index (χ3n) is 2.81. The smallest absolute Gasteiger partial charge is 0.227 e. The van der Waals surface area contributed by atoms with E-state index in [1.807, 2.05) is 30.3 Å². The minimum atomic E-state index is -0.0241. The van der Waals surface area contributed by atoms with Crippen LogP contribution in [0, 0.1) is 0 Å². The molecule has 1 aliphatic heterocycles. The van der Waals surface area contributed by atoms with Gasteiger partial charge in [0.25, 0.3) is 0 Å². The number of hydrogen-bond donors (Lipinski definition) is 1. The Bertz CT molecular complexity index is 420. The number of ketones is 1. The number of nitrogens with two attached hydrogens (primary N) is 1.